The van der Waals surface area contributed by atoms with E-state index in [4.69, 9.17) is 0 Å². The molecule has 1 heterocycles. The molecular weight excluding hydrogens is 280 g/mol. The molecule has 0 saturated heterocycles. The molecule has 0 atom stereocenters. The first-order chi connectivity index (χ1) is 8.68. The lowest BCUT2D eigenvalue weighted by Crippen LogP contribution is -2.19. The maximum atomic E-state index is 13.1. The Morgan fingerprint density at radius 2 is 2.00 bits per heavy atom. The van der Waals surface area contributed by atoms with Gasteiger partial charge in [0.05, 0.1) is 36.5 Å². The minimum absolute atomic E-state index is 0.217. The van der Waals surface area contributed by atoms with Crippen LogP contribution in [0.5, 0.6) is 0 Å². The molecule has 106 valence electrons. The van der Waals surface area contributed by atoms with Gasteiger partial charge in [0, 0.05) is 0 Å². The van der Waals surface area contributed by atoms with E-state index in [0.29, 0.717) is 0 Å². The van der Waals surface area contributed by atoms with Crippen molar-refractivity contribution in [3.8, 4) is 0 Å². The van der Waals surface area contributed by atoms with Crippen LogP contribution in [0.15, 0.2) is 6.20 Å². The number of nitrogens with zero attached hydrogens (tertiary/aromatic N) is 1. The number of hydrogen-bond donors (Lipinski definition) is 0. The summed E-state index contributed by atoms with van der Waals surface area (Å²) < 4.78 is 80.4. The van der Waals surface area contributed by atoms with Gasteiger partial charge in [0.1, 0.15) is 0 Å². The van der Waals surface area contributed by atoms with E-state index in [9.17, 15) is 31.1 Å². The third-order valence-electron chi connectivity index (χ3n) is 2.19. The summed E-state index contributed by atoms with van der Waals surface area (Å²) in [7, 11) is 0.910. The van der Waals surface area contributed by atoms with Crippen molar-refractivity contribution in [1.82, 2.24) is 4.98 Å². The zero-order valence-electron chi connectivity index (χ0n) is 9.39. The van der Waals surface area contributed by atoms with Crippen LogP contribution in [0.4, 0.5) is 26.3 Å². The van der Waals surface area contributed by atoms with E-state index in [1.165, 1.54) is 0 Å². The normalized spacial score (nSPS) is 11.8. The number of pyridine rings is 1. The first-order valence-electron chi connectivity index (χ1n) is 4.78. The van der Waals surface area contributed by atoms with Gasteiger partial charge in [0.25, 0.3) is 6.43 Å². The highest BCUT2D eigenvalue weighted by molar-refractivity contribution is 5.72. The van der Waals surface area contributed by atoms with Crippen molar-refractivity contribution in [3.05, 3.63) is 28.8 Å². The zero-order chi connectivity index (χ0) is 14.8. The maximum Gasteiger partial charge on any atom is 0.418 e. The van der Waals surface area contributed by atoms with E-state index in [0.717, 1.165) is 7.11 Å². The van der Waals surface area contributed by atoms with E-state index >= 15 is 0 Å². The van der Waals surface area contributed by atoms with Gasteiger partial charge in [-0.15, -0.1) is 0 Å². The number of hydrogen-bond acceptors (Lipinski definition) is 3. The summed E-state index contributed by atoms with van der Waals surface area (Å²) in [5, 5.41) is 0. The molecule has 0 aliphatic carbocycles. The molecule has 19 heavy (non-hydrogen) atoms. The van der Waals surface area contributed by atoms with Crippen LogP contribution in [-0.4, -0.2) is 18.1 Å². The van der Waals surface area contributed by atoms with Crippen LogP contribution in [0.3, 0.4) is 0 Å². The molecule has 0 N–H and O–H groups in total. The lowest BCUT2D eigenvalue weighted by Gasteiger charge is -2.16. The molecule has 1 aromatic rings. The van der Waals surface area contributed by atoms with Gasteiger partial charge in [-0.3, -0.25) is 9.78 Å². The number of carbonyl (C=O) groups is 1. The molecule has 1 rings (SSSR count). The number of carbonyl (C=O) groups excluding carboxylic acids is 1. The minimum atomic E-state index is -5.26. The highest BCUT2D eigenvalue weighted by Crippen LogP contribution is 2.39. The van der Waals surface area contributed by atoms with Crippen molar-refractivity contribution in [2.45, 2.75) is 19.0 Å². The molecule has 0 bridgehead atoms. The molecule has 0 amide bonds. The van der Waals surface area contributed by atoms with Crippen LogP contribution in [0.2, 0.25) is 0 Å². The van der Waals surface area contributed by atoms with Crippen LogP contribution < -0.4 is 0 Å². The van der Waals surface area contributed by atoms with Gasteiger partial charge in [-0.25, -0.2) is 13.2 Å². The van der Waals surface area contributed by atoms with Gasteiger partial charge in [0.2, 0.25) is 0 Å². The van der Waals surface area contributed by atoms with Crippen LogP contribution in [0.1, 0.15) is 23.2 Å². The largest absolute Gasteiger partial charge is 0.469 e. The van der Waals surface area contributed by atoms with Gasteiger partial charge in [-0.2, -0.15) is 13.2 Å². The summed E-state index contributed by atoms with van der Waals surface area (Å²) in [4.78, 5) is 14.0. The summed E-state index contributed by atoms with van der Waals surface area (Å²) in [6.45, 7) is 0. The topological polar surface area (TPSA) is 39.2 Å². The van der Waals surface area contributed by atoms with Crippen LogP contribution >= 0.6 is 0 Å². The Morgan fingerprint density at radius 3 is 2.42 bits per heavy atom. The Morgan fingerprint density at radius 1 is 1.42 bits per heavy atom. The highest BCUT2D eigenvalue weighted by Gasteiger charge is 2.41. The van der Waals surface area contributed by atoms with E-state index < -0.39 is 47.6 Å². The predicted octanol–water partition coefficient (Wildman–Crippen LogP) is 2.89. The van der Waals surface area contributed by atoms with Crippen molar-refractivity contribution in [2.75, 3.05) is 7.11 Å². The molecule has 0 aromatic carbocycles. The number of halogens is 6. The maximum absolute atomic E-state index is 13.1. The number of alkyl halides is 5. The van der Waals surface area contributed by atoms with Crippen LogP contribution in [-0.2, 0) is 22.1 Å². The van der Waals surface area contributed by atoms with Crippen molar-refractivity contribution in [2.24, 2.45) is 0 Å². The molecule has 9 heteroatoms. The summed E-state index contributed by atoms with van der Waals surface area (Å²) >= 11 is 0. The molecule has 0 unspecified atom stereocenters. The Bertz CT molecular complexity index is 486. The van der Waals surface area contributed by atoms with Gasteiger partial charge >= 0.3 is 12.1 Å². The number of methoxy groups -OCH3 is 1. The third-order valence-corrected chi connectivity index (χ3v) is 2.19. The second-order valence-corrected chi connectivity index (χ2v) is 3.39. The molecule has 0 spiro atoms. The first-order valence-corrected chi connectivity index (χ1v) is 4.78. The number of rotatable bonds is 3. The average molecular weight is 287 g/mol. The highest BCUT2D eigenvalue weighted by atomic mass is 19.4. The third kappa shape index (κ3) is 3.36. The Labute approximate surface area is 103 Å². The molecule has 0 fully saturated rings. The number of aromatic nitrogens is 1. The van der Waals surface area contributed by atoms with Crippen LogP contribution in [0, 0.1) is 5.82 Å². The monoisotopic (exact) mass is 287 g/mol. The minimum Gasteiger partial charge on any atom is -0.469 e. The SMILES string of the molecule is COC(=O)Cc1ncc(F)c(C(F)F)c1C(F)(F)F. The number of esters is 1. The van der Waals surface area contributed by atoms with Gasteiger partial charge in [-0.05, 0) is 0 Å². The number of ether oxygens (including phenoxy) is 1. The van der Waals surface area contributed by atoms with Crippen molar-refractivity contribution >= 4 is 5.97 Å². The fraction of sp³-hybridized carbons (Fsp3) is 0.400. The molecule has 0 saturated carbocycles. The van der Waals surface area contributed by atoms with E-state index in [1.807, 2.05) is 0 Å². The lowest BCUT2D eigenvalue weighted by atomic mass is 10.0. The van der Waals surface area contributed by atoms with Gasteiger partial charge in [0.15, 0.2) is 5.82 Å². The fourth-order valence-electron chi connectivity index (χ4n) is 1.42. The smallest absolute Gasteiger partial charge is 0.418 e. The van der Waals surface area contributed by atoms with E-state index in [1.54, 1.807) is 0 Å². The summed E-state index contributed by atoms with van der Waals surface area (Å²) in [6, 6.07) is 0. The molecule has 0 aliphatic heterocycles. The van der Waals surface area contributed by atoms with Crippen LogP contribution in [0.25, 0.3) is 0 Å². The Kier molecular flexibility index (Phi) is 4.38. The standard InChI is InChI=1S/C10H7F6NO2/c1-19-6(18)2-5-8(10(14,15)16)7(9(12)13)4(11)3-17-5/h3,9H,2H2,1H3. The quantitative estimate of drug-likeness (QED) is 0.634. The average Bonchev–Trinajstić information content (AvgIpc) is 2.28. The summed E-state index contributed by atoms with van der Waals surface area (Å²) in [5.74, 6) is -2.89. The second kappa shape index (κ2) is 5.45. The van der Waals surface area contributed by atoms with Gasteiger partial charge < -0.3 is 4.74 Å². The van der Waals surface area contributed by atoms with Crippen molar-refractivity contribution in [1.29, 1.82) is 0 Å². The van der Waals surface area contributed by atoms with E-state index in [2.05, 4.69) is 9.72 Å². The second-order valence-electron chi connectivity index (χ2n) is 3.39. The Hall–Kier alpha value is -1.80. The zero-order valence-corrected chi connectivity index (χ0v) is 9.39. The fourth-order valence-corrected chi connectivity index (χ4v) is 1.42. The molecule has 0 aliphatic rings. The molecule has 3 nitrogen and oxygen atoms in total. The molecule has 1 aromatic heterocycles. The molecule has 0 radical (unpaired) electrons. The summed E-state index contributed by atoms with van der Waals surface area (Å²) in [6.07, 6.45) is -9.71. The van der Waals surface area contributed by atoms with E-state index in [-0.39, 0.29) is 6.20 Å². The first kappa shape index (κ1) is 15.3. The van der Waals surface area contributed by atoms with Crippen molar-refractivity contribution in [3.63, 3.8) is 0 Å². The molecular formula is C10H7F6NO2. The summed E-state index contributed by atoms with van der Waals surface area (Å²) in [5.41, 5.74) is -4.76. The predicted molar refractivity (Wildman–Crippen MR) is 49.9 cm³/mol. The lowest BCUT2D eigenvalue weighted by molar-refractivity contribution is -0.143. The van der Waals surface area contributed by atoms with Gasteiger partial charge in [-0.1, -0.05) is 0 Å². The van der Waals surface area contributed by atoms with Crippen molar-refractivity contribution < 1.29 is 35.9 Å². The Balaban J connectivity index is 3.48.